The van der Waals surface area contributed by atoms with Gasteiger partial charge in [-0.3, -0.25) is 0 Å². The number of nitrogens with zero attached hydrogens (tertiary/aromatic N) is 3. The van der Waals surface area contributed by atoms with E-state index < -0.39 is 5.63 Å². The van der Waals surface area contributed by atoms with Crippen LogP contribution in [0.3, 0.4) is 0 Å². The molecule has 0 saturated heterocycles. The number of halogens is 2. The molecule has 0 aliphatic rings. The lowest BCUT2D eigenvalue weighted by molar-refractivity contribution is 0.473. The van der Waals surface area contributed by atoms with E-state index in [1.807, 2.05) is 78.2 Å². The standard InChI is InChI=1S/C34H21ClIN3O4/c1-18-7-12-23-29(13-18)43-34(42)30-24(16-28(37-32(23)30)25-14-20(35)15-27(36)33(25)41)26-17-39(21-5-3-2-4-6-21)38-31(26)19-8-10-22(40)11-9-19/h2-17,40-41H,1H3. The van der Waals surface area contributed by atoms with Crippen LogP contribution in [0.5, 0.6) is 11.5 Å². The van der Waals surface area contributed by atoms with Crippen LogP contribution in [0.1, 0.15) is 5.56 Å². The van der Waals surface area contributed by atoms with Crippen molar-refractivity contribution in [1.29, 1.82) is 0 Å². The molecular weight excluding hydrogens is 677 g/mol. The van der Waals surface area contributed by atoms with Gasteiger partial charge in [0, 0.05) is 38.9 Å². The average Bonchev–Trinajstić information content (AvgIpc) is 3.44. The summed E-state index contributed by atoms with van der Waals surface area (Å²) in [6.45, 7) is 1.92. The molecule has 0 spiro atoms. The van der Waals surface area contributed by atoms with Crippen LogP contribution < -0.4 is 5.63 Å². The molecule has 4 aromatic carbocycles. The molecule has 7 rings (SSSR count). The zero-order valence-electron chi connectivity index (χ0n) is 22.5. The third kappa shape index (κ3) is 4.82. The van der Waals surface area contributed by atoms with Gasteiger partial charge in [0.1, 0.15) is 22.8 Å². The molecule has 2 N–H and O–H groups in total. The van der Waals surface area contributed by atoms with Gasteiger partial charge in [-0.25, -0.2) is 14.5 Å². The molecule has 3 heterocycles. The van der Waals surface area contributed by atoms with Crippen LogP contribution in [-0.4, -0.2) is 25.0 Å². The van der Waals surface area contributed by atoms with Gasteiger partial charge >= 0.3 is 5.63 Å². The molecular formula is C34H21ClIN3O4. The summed E-state index contributed by atoms with van der Waals surface area (Å²) < 4.78 is 8.16. The van der Waals surface area contributed by atoms with Gasteiger partial charge in [-0.2, -0.15) is 5.10 Å². The Hall–Kier alpha value is -4.67. The number of aromatic nitrogens is 3. The van der Waals surface area contributed by atoms with Crippen molar-refractivity contribution in [2.24, 2.45) is 0 Å². The first-order valence-corrected chi connectivity index (χ1v) is 14.7. The molecule has 0 aliphatic carbocycles. The van der Waals surface area contributed by atoms with Crippen LogP contribution in [-0.2, 0) is 0 Å². The smallest absolute Gasteiger partial charge is 0.346 e. The fourth-order valence-corrected chi connectivity index (χ4v) is 6.26. The Morgan fingerprint density at radius 3 is 2.42 bits per heavy atom. The van der Waals surface area contributed by atoms with Gasteiger partial charge < -0.3 is 14.6 Å². The minimum Gasteiger partial charge on any atom is -0.508 e. The molecule has 0 radical (unpaired) electrons. The van der Waals surface area contributed by atoms with Crippen LogP contribution in [0.4, 0.5) is 0 Å². The van der Waals surface area contributed by atoms with Gasteiger partial charge in [-0.1, -0.05) is 35.9 Å². The lowest BCUT2D eigenvalue weighted by atomic mass is 9.96. The fraction of sp³-hybridized carbons (Fsp3) is 0.0294. The number of hydrogen-bond acceptors (Lipinski definition) is 6. The molecule has 9 heteroatoms. The zero-order chi connectivity index (χ0) is 29.8. The van der Waals surface area contributed by atoms with Crippen molar-refractivity contribution in [2.45, 2.75) is 6.92 Å². The fourth-order valence-electron chi connectivity index (χ4n) is 5.24. The van der Waals surface area contributed by atoms with Gasteiger partial charge in [0.05, 0.1) is 25.9 Å². The van der Waals surface area contributed by atoms with E-state index >= 15 is 0 Å². The van der Waals surface area contributed by atoms with Crippen molar-refractivity contribution in [3.63, 3.8) is 0 Å². The first kappa shape index (κ1) is 27.2. The lowest BCUT2D eigenvalue weighted by Crippen LogP contribution is -2.05. The average molecular weight is 698 g/mol. The third-order valence-electron chi connectivity index (χ3n) is 7.29. The summed E-state index contributed by atoms with van der Waals surface area (Å²) in [6, 6.07) is 27.1. The molecule has 7 nitrogen and oxygen atoms in total. The number of rotatable bonds is 4. The SMILES string of the molecule is Cc1ccc2c(c1)oc(=O)c1c(-c3cn(-c4ccccc4)nc3-c3ccc(O)cc3)cc(-c3cc(Cl)cc(I)c3O)nc12. The molecule has 0 unspecified atom stereocenters. The maximum absolute atomic E-state index is 13.8. The monoisotopic (exact) mass is 697 g/mol. The van der Waals surface area contributed by atoms with E-state index in [0.29, 0.717) is 53.2 Å². The van der Waals surface area contributed by atoms with Crippen molar-refractivity contribution in [3.05, 3.63) is 122 Å². The predicted octanol–water partition coefficient (Wildman–Crippen LogP) is 8.51. The highest BCUT2D eigenvalue weighted by molar-refractivity contribution is 14.1. The van der Waals surface area contributed by atoms with Gasteiger partial charge in [-0.05, 0) is 102 Å². The van der Waals surface area contributed by atoms with E-state index in [4.69, 9.17) is 26.1 Å². The van der Waals surface area contributed by atoms with Gasteiger partial charge in [-0.15, -0.1) is 0 Å². The molecule has 3 aromatic heterocycles. The molecule has 0 bridgehead atoms. The maximum atomic E-state index is 13.8. The molecule has 0 saturated carbocycles. The molecule has 0 atom stereocenters. The van der Waals surface area contributed by atoms with E-state index in [1.54, 1.807) is 53.2 Å². The van der Waals surface area contributed by atoms with Crippen LogP contribution in [0.2, 0.25) is 5.02 Å². The first-order chi connectivity index (χ1) is 20.8. The lowest BCUT2D eigenvalue weighted by Gasteiger charge is -2.13. The van der Waals surface area contributed by atoms with E-state index in [1.165, 1.54) is 0 Å². The normalized spacial score (nSPS) is 11.4. The molecule has 0 fully saturated rings. The highest BCUT2D eigenvalue weighted by Gasteiger charge is 2.23. The van der Waals surface area contributed by atoms with E-state index in [-0.39, 0.29) is 16.9 Å². The van der Waals surface area contributed by atoms with Gasteiger partial charge in [0.2, 0.25) is 0 Å². The van der Waals surface area contributed by atoms with Crippen LogP contribution in [0.25, 0.3) is 61.2 Å². The number of aryl methyl sites for hydroxylation is 1. The number of phenols is 2. The largest absolute Gasteiger partial charge is 0.508 e. The number of pyridine rings is 1. The number of fused-ring (bicyclic) bond motifs is 3. The van der Waals surface area contributed by atoms with Crippen molar-refractivity contribution >= 4 is 56.1 Å². The summed E-state index contributed by atoms with van der Waals surface area (Å²) in [5, 5.41) is 27.4. The van der Waals surface area contributed by atoms with Crippen molar-refractivity contribution < 1.29 is 14.6 Å². The Balaban J connectivity index is 1.63. The number of hydrogen-bond donors (Lipinski definition) is 2. The Bertz CT molecular complexity index is 2260. The second-order valence-corrected chi connectivity index (χ2v) is 11.8. The highest BCUT2D eigenvalue weighted by atomic mass is 127. The molecule has 0 aliphatic heterocycles. The topological polar surface area (TPSA) is 101 Å². The number of phenolic OH excluding ortho intramolecular Hbond substituents is 2. The second-order valence-electron chi connectivity index (χ2n) is 10.2. The molecule has 7 aromatic rings. The van der Waals surface area contributed by atoms with Crippen molar-refractivity contribution in [2.75, 3.05) is 0 Å². The summed E-state index contributed by atoms with van der Waals surface area (Å²) >= 11 is 8.46. The summed E-state index contributed by atoms with van der Waals surface area (Å²) in [5.74, 6) is 0.155. The van der Waals surface area contributed by atoms with Crippen molar-refractivity contribution in [1.82, 2.24) is 14.8 Å². The summed E-state index contributed by atoms with van der Waals surface area (Å²) in [6.07, 6.45) is 1.86. The quantitative estimate of drug-likeness (QED) is 0.109. The maximum Gasteiger partial charge on any atom is 0.346 e. The minimum absolute atomic E-state index is 0.0321. The number of aromatic hydroxyl groups is 2. The van der Waals surface area contributed by atoms with E-state index in [0.717, 1.165) is 16.8 Å². The molecule has 43 heavy (non-hydrogen) atoms. The Morgan fingerprint density at radius 2 is 1.65 bits per heavy atom. The Labute approximate surface area is 263 Å². The van der Waals surface area contributed by atoms with Crippen LogP contribution in [0, 0.1) is 10.5 Å². The van der Waals surface area contributed by atoms with Crippen LogP contribution >= 0.6 is 34.2 Å². The van der Waals surface area contributed by atoms with Gasteiger partial charge in [0.15, 0.2) is 0 Å². The minimum atomic E-state index is -0.545. The van der Waals surface area contributed by atoms with E-state index in [9.17, 15) is 15.0 Å². The summed E-state index contributed by atoms with van der Waals surface area (Å²) in [7, 11) is 0. The number of benzene rings is 4. The van der Waals surface area contributed by atoms with E-state index in [2.05, 4.69) is 0 Å². The predicted molar refractivity (Wildman–Crippen MR) is 177 cm³/mol. The third-order valence-corrected chi connectivity index (χ3v) is 8.33. The Kier molecular flexibility index (Phi) is 6.67. The summed E-state index contributed by atoms with van der Waals surface area (Å²) in [5.41, 5.74) is 5.38. The molecule has 0 amide bonds. The first-order valence-electron chi connectivity index (χ1n) is 13.3. The second kappa shape index (κ2) is 10.6. The zero-order valence-corrected chi connectivity index (χ0v) is 25.5. The Morgan fingerprint density at radius 1 is 0.884 bits per heavy atom. The number of para-hydroxylation sites is 1. The van der Waals surface area contributed by atoms with Gasteiger partial charge in [0.25, 0.3) is 0 Å². The molecule has 210 valence electrons. The summed E-state index contributed by atoms with van der Waals surface area (Å²) in [4.78, 5) is 18.7. The van der Waals surface area contributed by atoms with Crippen molar-refractivity contribution in [3.8, 4) is 50.8 Å². The highest BCUT2D eigenvalue weighted by Crippen LogP contribution is 2.42. The van der Waals surface area contributed by atoms with Crippen LogP contribution in [0.15, 0.2) is 106 Å².